The fourth-order valence-electron chi connectivity index (χ4n) is 3.11. The number of hydrogen-bond acceptors (Lipinski definition) is 4. The first-order valence-electron chi connectivity index (χ1n) is 7.97. The van der Waals surface area contributed by atoms with Gasteiger partial charge in [0.05, 0.1) is 11.6 Å². The van der Waals surface area contributed by atoms with E-state index in [-0.39, 0.29) is 5.56 Å². The summed E-state index contributed by atoms with van der Waals surface area (Å²) in [6, 6.07) is 7.33. The van der Waals surface area contributed by atoms with E-state index in [1.165, 1.54) is 21.5 Å². The predicted octanol–water partition coefficient (Wildman–Crippen LogP) is 4.18. The van der Waals surface area contributed by atoms with Crippen molar-refractivity contribution in [3.63, 3.8) is 0 Å². The smallest absolute Gasteiger partial charge is 0.267 e. The first kappa shape index (κ1) is 15.5. The van der Waals surface area contributed by atoms with Gasteiger partial charge in [0.1, 0.15) is 10.7 Å². The van der Waals surface area contributed by atoms with E-state index in [4.69, 9.17) is 11.6 Å². The van der Waals surface area contributed by atoms with Crippen LogP contribution in [0.15, 0.2) is 34.2 Å². The molecular formula is C18H16ClN3OS. The number of rotatable bonds is 2. The largest absolute Gasteiger partial charge is 0.283 e. The molecule has 1 aromatic carbocycles. The van der Waals surface area contributed by atoms with E-state index in [1.807, 2.05) is 19.1 Å². The van der Waals surface area contributed by atoms with Gasteiger partial charge in [-0.15, -0.1) is 11.3 Å². The molecular weight excluding hydrogens is 342 g/mol. The van der Waals surface area contributed by atoms with Gasteiger partial charge in [-0.25, -0.2) is 4.98 Å². The minimum atomic E-state index is -0.0675. The second-order valence-corrected chi connectivity index (χ2v) is 7.48. The van der Waals surface area contributed by atoms with Crippen molar-refractivity contribution in [1.29, 1.82) is 0 Å². The number of hydrogen-bond donors (Lipinski definition) is 0. The Balaban J connectivity index is 1.83. The molecule has 0 fully saturated rings. The number of thiophene rings is 1. The van der Waals surface area contributed by atoms with Crippen LogP contribution in [0.5, 0.6) is 0 Å². The molecule has 0 saturated carbocycles. The van der Waals surface area contributed by atoms with E-state index < -0.39 is 0 Å². The zero-order valence-corrected chi connectivity index (χ0v) is 14.8. The van der Waals surface area contributed by atoms with Crippen LogP contribution in [0.25, 0.3) is 10.2 Å². The molecule has 0 saturated heterocycles. The maximum Gasteiger partial charge on any atom is 0.283 e. The van der Waals surface area contributed by atoms with E-state index in [9.17, 15) is 4.79 Å². The average Bonchev–Trinajstić information content (AvgIpc) is 2.94. The van der Waals surface area contributed by atoms with Gasteiger partial charge >= 0.3 is 0 Å². The van der Waals surface area contributed by atoms with Gasteiger partial charge in [0, 0.05) is 9.90 Å². The lowest BCUT2D eigenvalue weighted by Crippen LogP contribution is -2.21. The number of halogens is 1. The Bertz CT molecular complexity index is 1000. The summed E-state index contributed by atoms with van der Waals surface area (Å²) in [5.41, 5.74) is 2.01. The predicted molar refractivity (Wildman–Crippen MR) is 99.7 cm³/mol. The minimum absolute atomic E-state index is 0.0675. The number of aromatic nitrogens is 2. The molecule has 0 unspecified atom stereocenters. The van der Waals surface area contributed by atoms with E-state index >= 15 is 0 Å². The summed E-state index contributed by atoms with van der Waals surface area (Å²) >= 11 is 7.55. The molecule has 6 heteroatoms. The Hall–Kier alpha value is -1.98. The number of benzene rings is 1. The second kappa shape index (κ2) is 6.15. The Morgan fingerprint density at radius 2 is 2.00 bits per heavy atom. The first-order chi connectivity index (χ1) is 11.6. The average molecular weight is 358 g/mol. The molecule has 3 aromatic rings. The third kappa shape index (κ3) is 2.68. The number of fused-ring (bicyclic) bond motifs is 3. The van der Waals surface area contributed by atoms with E-state index in [2.05, 4.69) is 10.1 Å². The lowest BCUT2D eigenvalue weighted by atomic mass is 9.97. The van der Waals surface area contributed by atoms with Gasteiger partial charge in [0.2, 0.25) is 0 Å². The summed E-state index contributed by atoms with van der Waals surface area (Å²) in [5.74, 6) is 0.608. The molecule has 1 aliphatic rings. The second-order valence-electron chi connectivity index (χ2n) is 5.96. The van der Waals surface area contributed by atoms with Crippen LogP contribution in [0, 0.1) is 6.92 Å². The fraction of sp³-hybridized carbons (Fsp3) is 0.278. The van der Waals surface area contributed by atoms with Crippen molar-refractivity contribution in [2.45, 2.75) is 32.6 Å². The van der Waals surface area contributed by atoms with Crippen molar-refractivity contribution in [1.82, 2.24) is 9.66 Å². The fourth-order valence-corrected chi connectivity index (χ4v) is 4.53. The van der Waals surface area contributed by atoms with E-state index in [1.54, 1.807) is 29.7 Å². The van der Waals surface area contributed by atoms with Gasteiger partial charge in [-0.05, 0) is 55.9 Å². The zero-order chi connectivity index (χ0) is 16.7. The zero-order valence-electron chi connectivity index (χ0n) is 13.3. The van der Waals surface area contributed by atoms with Crippen molar-refractivity contribution in [2.24, 2.45) is 5.10 Å². The molecule has 0 radical (unpaired) electrons. The topological polar surface area (TPSA) is 47.2 Å². The molecule has 24 heavy (non-hydrogen) atoms. The van der Waals surface area contributed by atoms with E-state index in [0.717, 1.165) is 35.0 Å². The maximum atomic E-state index is 13.0. The number of nitrogens with zero attached hydrogens (tertiary/aromatic N) is 3. The molecule has 1 aliphatic carbocycles. The van der Waals surface area contributed by atoms with Gasteiger partial charge in [0.25, 0.3) is 5.56 Å². The third-order valence-corrected chi connectivity index (χ3v) is 5.76. The van der Waals surface area contributed by atoms with Crippen LogP contribution in [0.1, 0.15) is 34.7 Å². The summed E-state index contributed by atoms with van der Waals surface area (Å²) in [6.07, 6.45) is 6.03. The normalized spacial score (nSPS) is 14.4. The van der Waals surface area contributed by atoms with Crippen LogP contribution in [0.4, 0.5) is 0 Å². The quantitative estimate of drug-likeness (QED) is 0.646. The monoisotopic (exact) mass is 357 g/mol. The molecule has 0 atom stereocenters. The summed E-state index contributed by atoms with van der Waals surface area (Å²) in [5, 5.41) is 5.79. The number of aryl methyl sites for hydroxylation is 3. The highest BCUT2D eigenvalue weighted by Gasteiger charge is 2.20. The molecule has 0 aliphatic heterocycles. The van der Waals surface area contributed by atoms with Gasteiger partial charge in [-0.3, -0.25) is 4.79 Å². The molecule has 0 N–H and O–H groups in total. The van der Waals surface area contributed by atoms with Gasteiger partial charge in [0.15, 0.2) is 0 Å². The van der Waals surface area contributed by atoms with Crippen LogP contribution in [0.2, 0.25) is 5.02 Å². The summed E-state index contributed by atoms with van der Waals surface area (Å²) in [6.45, 7) is 1.82. The van der Waals surface area contributed by atoms with Crippen molar-refractivity contribution in [3.8, 4) is 0 Å². The molecule has 0 spiro atoms. The molecule has 0 bridgehead atoms. The van der Waals surface area contributed by atoms with Crippen molar-refractivity contribution >= 4 is 39.4 Å². The Morgan fingerprint density at radius 3 is 2.79 bits per heavy atom. The highest BCUT2D eigenvalue weighted by Crippen LogP contribution is 2.33. The molecule has 4 nitrogen and oxygen atoms in total. The Kier molecular flexibility index (Phi) is 3.98. The van der Waals surface area contributed by atoms with Crippen molar-refractivity contribution in [2.75, 3.05) is 0 Å². The van der Waals surface area contributed by atoms with Crippen LogP contribution >= 0.6 is 22.9 Å². The van der Waals surface area contributed by atoms with Crippen LogP contribution in [-0.4, -0.2) is 15.9 Å². The Morgan fingerprint density at radius 1 is 1.25 bits per heavy atom. The highest BCUT2D eigenvalue weighted by atomic mass is 35.5. The molecule has 122 valence electrons. The van der Waals surface area contributed by atoms with Crippen molar-refractivity contribution in [3.05, 3.63) is 61.5 Å². The van der Waals surface area contributed by atoms with E-state index in [0.29, 0.717) is 10.8 Å². The van der Waals surface area contributed by atoms with Crippen molar-refractivity contribution < 1.29 is 0 Å². The van der Waals surface area contributed by atoms with Crippen LogP contribution in [0.3, 0.4) is 0 Å². The molecule has 2 heterocycles. The lowest BCUT2D eigenvalue weighted by molar-refractivity contribution is 0.698. The Labute approximate surface area is 148 Å². The van der Waals surface area contributed by atoms with Crippen LogP contribution in [-0.2, 0) is 12.8 Å². The third-order valence-electron chi connectivity index (χ3n) is 4.32. The van der Waals surface area contributed by atoms with Crippen LogP contribution < -0.4 is 5.56 Å². The maximum absolute atomic E-state index is 13.0. The first-order valence-corrected chi connectivity index (χ1v) is 9.17. The lowest BCUT2D eigenvalue weighted by Gasteiger charge is -2.10. The summed E-state index contributed by atoms with van der Waals surface area (Å²) in [4.78, 5) is 19.7. The molecule has 0 amide bonds. The van der Waals surface area contributed by atoms with Gasteiger partial charge in [-0.1, -0.05) is 23.7 Å². The standard InChI is InChI=1S/C18H16ClN3OS/c1-11-21-17-16(14-4-2-3-5-15(14)24-17)18(23)22(11)20-10-12-6-8-13(19)9-7-12/h6-10H,2-5H2,1H3. The summed E-state index contributed by atoms with van der Waals surface area (Å²) < 4.78 is 1.40. The molecule has 4 rings (SSSR count). The molecule has 2 aromatic heterocycles. The van der Waals surface area contributed by atoms with Gasteiger partial charge < -0.3 is 0 Å². The summed E-state index contributed by atoms with van der Waals surface area (Å²) in [7, 11) is 0. The van der Waals surface area contributed by atoms with Gasteiger partial charge in [-0.2, -0.15) is 9.78 Å². The highest BCUT2D eigenvalue weighted by molar-refractivity contribution is 7.18. The minimum Gasteiger partial charge on any atom is -0.267 e. The SMILES string of the molecule is Cc1nc2sc3c(c2c(=O)n1N=Cc1ccc(Cl)cc1)CCCC3.